The predicted molar refractivity (Wildman–Crippen MR) is 115 cm³/mol. The van der Waals surface area contributed by atoms with E-state index in [1.54, 1.807) is 25.3 Å². The molecular formula is C20H20BrN3O3S. The van der Waals surface area contributed by atoms with Crippen LogP contribution in [-0.4, -0.2) is 47.8 Å². The molecule has 1 aliphatic heterocycles. The molecular weight excluding hydrogens is 442 g/mol. The van der Waals surface area contributed by atoms with Crippen molar-refractivity contribution < 1.29 is 14.3 Å². The lowest BCUT2D eigenvalue weighted by molar-refractivity contribution is -0.128. The minimum atomic E-state index is -0.428. The summed E-state index contributed by atoms with van der Waals surface area (Å²) in [7, 11) is 1.63. The number of fused-ring (bicyclic) bond motifs is 1. The molecule has 6 nitrogen and oxygen atoms in total. The maximum absolute atomic E-state index is 12.9. The summed E-state index contributed by atoms with van der Waals surface area (Å²) in [6.07, 6.45) is 6.24. The van der Waals surface area contributed by atoms with Crippen molar-refractivity contribution in [1.29, 1.82) is 0 Å². The fourth-order valence-electron chi connectivity index (χ4n) is 2.92. The molecule has 0 aromatic heterocycles. The summed E-state index contributed by atoms with van der Waals surface area (Å²) in [5.41, 5.74) is 2.10. The molecule has 0 bridgehead atoms. The summed E-state index contributed by atoms with van der Waals surface area (Å²) >= 11 is 8.71. The Bertz CT molecular complexity index is 877. The third-order valence-electron chi connectivity index (χ3n) is 4.41. The van der Waals surface area contributed by atoms with Crippen LogP contribution in [0.2, 0.25) is 0 Å². The van der Waals surface area contributed by atoms with Crippen LogP contribution in [0.15, 0.2) is 52.0 Å². The normalized spacial score (nSPS) is 18.5. The quantitative estimate of drug-likeness (QED) is 0.500. The molecule has 0 radical (unpaired) electrons. The highest BCUT2D eigenvalue weighted by Gasteiger charge is 2.34. The molecule has 2 amide bonds. The Morgan fingerprint density at radius 1 is 1.32 bits per heavy atom. The number of hydrogen-bond acceptors (Lipinski definition) is 4. The maximum atomic E-state index is 12.9. The first-order valence-electron chi connectivity index (χ1n) is 8.85. The summed E-state index contributed by atoms with van der Waals surface area (Å²) in [6.45, 7) is 1.48. The Labute approximate surface area is 177 Å². The van der Waals surface area contributed by atoms with Gasteiger partial charge in [-0.05, 0) is 48.5 Å². The zero-order chi connectivity index (χ0) is 20.1. The lowest BCUT2D eigenvalue weighted by Crippen LogP contribution is -2.45. The Morgan fingerprint density at radius 2 is 2.07 bits per heavy atom. The molecule has 1 N–H and O–H groups in total. The van der Waals surface area contributed by atoms with Crippen LogP contribution in [0, 0.1) is 5.92 Å². The standard InChI is InChI=1S/C20H20BrN3O3S/c1-27-10-2-9-22-18(25)14-5-3-13(4-6-14)12-24-19(26)16-11-15(21)7-8-17(16)23-20(24)28/h3-8,11,16H,2,9-10,12H2,1H3,(H,22,25). The molecule has 0 saturated carbocycles. The van der Waals surface area contributed by atoms with Crippen molar-refractivity contribution in [1.82, 2.24) is 10.2 Å². The second-order valence-corrected chi connectivity index (χ2v) is 7.69. The van der Waals surface area contributed by atoms with E-state index in [0.29, 0.717) is 31.0 Å². The van der Waals surface area contributed by atoms with Crippen molar-refractivity contribution in [2.24, 2.45) is 10.9 Å². The molecule has 2 aliphatic rings. The van der Waals surface area contributed by atoms with Crippen LogP contribution in [0.3, 0.4) is 0 Å². The Kier molecular flexibility index (Phi) is 6.88. The van der Waals surface area contributed by atoms with Crippen LogP contribution in [0.25, 0.3) is 0 Å². The van der Waals surface area contributed by atoms with Gasteiger partial charge in [0.25, 0.3) is 5.91 Å². The zero-order valence-electron chi connectivity index (χ0n) is 15.4. The molecule has 28 heavy (non-hydrogen) atoms. The van der Waals surface area contributed by atoms with Crippen molar-refractivity contribution in [3.63, 3.8) is 0 Å². The number of nitrogens with one attached hydrogen (secondary N) is 1. The van der Waals surface area contributed by atoms with Gasteiger partial charge in [0.05, 0.1) is 12.3 Å². The van der Waals surface area contributed by atoms with Crippen LogP contribution in [-0.2, 0) is 16.1 Å². The molecule has 1 aliphatic carbocycles. The van der Waals surface area contributed by atoms with Crippen LogP contribution >= 0.6 is 28.1 Å². The highest BCUT2D eigenvalue weighted by atomic mass is 79.9. The molecule has 0 fully saturated rings. The molecule has 0 spiro atoms. The SMILES string of the molecule is COCCCNC(=O)c1ccc(CN2C(=O)C3C=C(Br)C=CC3=NC2=S)cc1. The summed E-state index contributed by atoms with van der Waals surface area (Å²) in [6, 6.07) is 7.14. The largest absolute Gasteiger partial charge is 0.385 e. The van der Waals surface area contributed by atoms with E-state index in [2.05, 4.69) is 26.2 Å². The third kappa shape index (κ3) is 4.81. The average molecular weight is 462 g/mol. The average Bonchev–Trinajstić information content (AvgIpc) is 2.69. The number of halogens is 1. The number of aliphatic imine (C=N–C) groups is 1. The summed E-state index contributed by atoms with van der Waals surface area (Å²) in [4.78, 5) is 30.9. The zero-order valence-corrected chi connectivity index (χ0v) is 17.8. The molecule has 3 rings (SSSR count). The van der Waals surface area contributed by atoms with Gasteiger partial charge in [0, 0.05) is 30.3 Å². The van der Waals surface area contributed by atoms with Crippen LogP contribution in [0.5, 0.6) is 0 Å². The second-order valence-electron chi connectivity index (χ2n) is 6.41. The van der Waals surface area contributed by atoms with Crippen LogP contribution < -0.4 is 5.32 Å². The van der Waals surface area contributed by atoms with E-state index in [1.807, 2.05) is 24.3 Å². The molecule has 1 aromatic rings. The van der Waals surface area contributed by atoms with Gasteiger partial charge in [-0.2, -0.15) is 0 Å². The monoisotopic (exact) mass is 461 g/mol. The minimum absolute atomic E-state index is 0.101. The summed E-state index contributed by atoms with van der Waals surface area (Å²) in [5.74, 6) is -0.662. The van der Waals surface area contributed by atoms with Gasteiger partial charge in [0.2, 0.25) is 11.0 Å². The predicted octanol–water partition coefficient (Wildman–Crippen LogP) is 2.99. The number of thiocarbonyl (C=S) groups is 1. The van der Waals surface area contributed by atoms with E-state index in [0.717, 1.165) is 16.5 Å². The van der Waals surface area contributed by atoms with Crippen molar-refractivity contribution in [3.05, 3.63) is 58.1 Å². The third-order valence-corrected chi connectivity index (χ3v) is 5.25. The van der Waals surface area contributed by atoms with E-state index in [1.165, 1.54) is 4.90 Å². The summed E-state index contributed by atoms with van der Waals surface area (Å²) < 4.78 is 5.81. The molecule has 1 heterocycles. The van der Waals surface area contributed by atoms with Crippen LogP contribution in [0.1, 0.15) is 22.3 Å². The topological polar surface area (TPSA) is 71.0 Å². The number of carbonyl (C=O) groups excluding carboxylic acids is 2. The Morgan fingerprint density at radius 3 is 2.79 bits per heavy atom. The van der Waals surface area contributed by atoms with E-state index in [9.17, 15) is 9.59 Å². The molecule has 8 heteroatoms. The smallest absolute Gasteiger partial charge is 0.251 e. The van der Waals surface area contributed by atoms with Gasteiger partial charge in [-0.3, -0.25) is 14.5 Å². The van der Waals surface area contributed by atoms with Crippen molar-refractivity contribution in [2.75, 3.05) is 20.3 Å². The molecule has 146 valence electrons. The fourth-order valence-corrected chi connectivity index (χ4v) is 3.57. The molecule has 1 aromatic carbocycles. The fraction of sp³-hybridized carbons (Fsp3) is 0.300. The van der Waals surface area contributed by atoms with Crippen LogP contribution in [0.4, 0.5) is 0 Å². The maximum Gasteiger partial charge on any atom is 0.251 e. The Balaban J connectivity index is 1.65. The van der Waals surface area contributed by atoms with Gasteiger partial charge in [-0.1, -0.05) is 34.1 Å². The number of rotatable bonds is 7. The van der Waals surface area contributed by atoms with Gasteiger partial charge in [0.1, 0.15) is 5.92 Å². The molecule has 1 atom stereocenters. The van der Waals surface area contributed by atoms with Crippen molar-refractivity contribution in [2.45, 2.75) is 13.0 Å². The molecule has 0 saturated heterocycles. The highest BCUT2D eigenvalue weighted by Crippen LogP contribution is 2.26. The Hall–Kier alpha value is -2.16. The van der Waals surface area contributed by atoms with E-state index < -0.39 is 5.92 Å². The van der Waals surface area contributed by atoms with E-state index in [-0.39, 0.29) is 16.9 Å². The number of amides is 2. The van der Waals surface area contributed by atoms with E-state index in [4.69, 9.17) is 17.0 Å². The first-order chi connectivity index (χ1) is 13.5. The number of methoxy groups -OCH3 is 1. The minimum Gasteiger partial charge on any atom is -0.385 e. The number of hydrogen-bond donors (Lipinski definition) is 1. The first kappa shape index (κ1) is 20.6. The number of benzene rings is 1. The van der Waals surface area contributed by atoms with E-state index >= 15 is 0 Å². The lowest BCUT2D eigenvalue weighted by atomic mass is 9.95. The number of allylic oxidation sites excluding steroid dienone is 3. The second kappa shape index (κ2) is 9.36. The van der Waals surface area contributed by atoms with Crippen molar-refractivity contribution in [3.8, 4) is 0 Å². The van der Waals surface area contributed by atoms with Crippen molar-refractivity contribution >= 4 is 50.8 Å². The number of nitrogens with zero attached hydrogens (tertiary/aromatic N) is 2. The lowest BCUT2D eigenvalue weighted by Gasteiger charge is -2.30. The summed E-state index contributed by atoms with van der Waals surface area (Å²) in [5, 5.41) is 3.10. The molecule has 1 unspecified atom stereocenters. The first-order valence-corrected chi connectivity index (χ1v) is 10.0. The number of ether oxygens (including phenoxy) is 1. The van der Waals surface area contributed by atoms with Gasteiger partial charge in [0.15, 0.2) is 0 Å². The highest BCUT2D eigenvalue weighted by molar-refractivity contribution is 9.11. The van der Waals surface area contributed by atoms with Gasteiger partial charge in [-0.15, -0.1) is 0 Å². The number of carbonyl (C=O) groups is 2. The van der Waals surface area contributed by atoms with Gasteiger partial charge < -0.3 is 10.1 Å². The van der Waals surface area contributed by atoms with Gasteiger partial charge in [-0.25, -0.2) is 4.99 Å². The van der Waals surface area contributed by atoms with Gasteiger partial charge >= 0.3 is 0 Å².